The van der Waals surface area contributed by atoms with Gasteiger partial charge in [0, 0.05) is 12.8 Å². The van der Waals surface area contributed by atoms with Gasteiger partial charge in [0.2, 0.25) is 0 Å². The first-order valence-corrected chi connectivity index (χ1v) is 4.93. The van der Waals surface area contributed by atoms with E-state index in [1.165, 1.54) is 5.56 Å². The van der Waals surface area contributed by atoms with Gasteiger partial charge in [-0.25, -0.2) is 0 Å². The van der Waals surface area contributed by atoms with Gasteiger partial charge in [0.05, 0.1) is 0 Å². The molecule has 0 radical (unpaired) electrons. The second-order valence-electron chi connectivity index (χ2n) is 2.37. The first kappa shape index (κ1) is 11.8. The average Bonchev–Trinajstić information content (AvgIpc) is 2.23. The highest BCUT2D eigenvalue weighted by molar-refractivity contribution is 5.20. The zero-order chi connectivity index (χ0) is 9.94. The van der Waals surface area contributed by atoms with Crippen molar-refractivity contribution in [2.24, 2.45) is 0 Å². The highest BCUT2D eigenvalue weighted by Crippen LogP contribution is 1.97. The van der Waals surface area contributed by atoms with E-state index in [0.717, 1.165) is 12.8 Å². The minimum atomic E-state index is 0.884. The Kier molecular flexibility index (Phi) is 8.04. The molecule has 0 heteroatoms. The van der Waals surface area contributed by atoms with Crippen LogP contribution in [0.4, 0.5) is 0 Å². The molecular formula is C13H18. The lowest BCUT2D eigenvalue weighted by Crippen LogP contribution is -1.78. The first-order valence-electron chi connectivity index (χ1n) is 4.93. The van der Waals surface area contributed by atoms with Crippen LogP contribution >= 0.6 is 0 Å². The number of rotatable bonds is 1. The maximum Gasteiger partial charge on any atom is 0.0340 e. The molecule has 0 aromatic heterocycles. The summed E-state index contributed by atoms with van der Waals surface area (Å²) in [6.45, 7) is 6.07. The van der Waals surface area contributed by atoms with Gasteiger partial charge in [-0.1, -0.05) is 57.0 Å². The molecule has 0 N–H and O–H groups in total. The first-order chi connectivity index (χ1) is 6.43. The molecule has 0 aliphatic heterocycles. The van der Waals surface area contributed by atoms with Crippen LogP contribution in [-0.4, -0.2) is 0 Å². The summed E-state index contributed by atoms with van der Waals surface area (Å²) in [4.78, 5) is 0. The van der Waals surface area contributed by atoms with Gasteiger partial charge in [0.25, 0.3) is 0 Å². The fraction of sp³-hybridized carbons (Fsp3) is 0.385. The average molecular weight is 174 g/mol. The fourth-order valence-corrected chi connectivity index (χ4v) is 0.885. The molecule has 0 nitrogen and oxygen atoms in total. The SMILES string of the molecule is CC.CCC#CCc1ccccc1. The third kappa shape index (κ3) is 5.99. The summed E-state index contributed by atoms with van der Waals surface area (Å²) in [5.74, 6) is 6.15. The van der Waals surface area contributed by atoms with Crippen LogP contribution < -0.4 is 0 Å². The minimum Gasteiger partial charge on any atom is -0.103 e. The number of benzene rings is 1. The summed E-state index contributed by atoms with van der Waals surface area (Å²) >= 11 is 0. The van der Waals surface area contributed by atoms with Crippen molar-refractivity contribution in [3.8, 4) is 11.8 Å². The van der Waals surface area contributed by atoms with Crippen molar-refractivity contribution in [2.45, 2.75) is 33.6 Å². The van der Waals surface area contributed by atoms with Gasteiger partial charge < -0.3 is 0 Å². The van der Waals surface area contributed by atoms with Crippen LogP contribution in [0.3, 0.4) is 0 Å². The van der Waals surface area contributed by atoms with Gasteiger partial charge >= 0.3 is 0 Å². The predicted molar refractivity (Wildman–Crippen MR) is 59.6 cm³/mol. The minimum absolute atomic E-state index is 0.884. The lowest BCUT2D eigenvalue weighted by atomic mass is 10.2. The maximum atomic E-state index is 3.10. The van der Waals surface area contributed by atoms with Crippen molar-refractivity contribution >= 4 is 0 Å². The lowest BCUT2D eigenvalue weighted by Gasteiger charge is -1.90. The monoisotopic (exact) mass is 174 g/mol. The second kappa shape index (κ2) is 8.87. The Hall–Kier alpha value is -1.22. The van der Waals surface area contributed by atoms with E-state index in [1.54, 1.807) is 0 Å². The van der Waals surface area contributed by atoms with Gasteiger partial charge in [0.1, 0.15) is 0 Å². The van der Waals surface area contributed by atoms with Crippen molar-refractivity contribution in [2.75, 3.05) is 0 Å². The van der Waals surface area contributed by atoms with Crippen molar-refractivity contribution in [3.05, 3.63) is 35.9 Å². The zero-order valence-electron chi connectivity index (χ0n) is 8.80. The van der Waals surface area contributed by atoms with E-state index in [2.05, 4.69) is 30.9 Å². The molecule has 0 unspecified atom stereocenters. The van der Waals surface area contributed by atoms with E-state index >= 15 is 0 Å². The third-order valence-corrected chi connectivity index (χ3v) is 1.44. The fourth-order valence-electron chi connectivity index (χ4n) is 0.885. The smallest absolute Gasteiger partial charge is 0.0340 e. The maximum absolute atomic E-state index is 3.10. The molecule has 0 aliphatic carbocycles. The van der Waals surface area contributed by atoms with E-state index in [4.69, 9.17) is 0 Å². The van der Waals surface area contributed by atoms with Crippen molar-refractivity contribution in [1.82, 2.24) is 0 Å². The van der Waals surface area contributed by atoms with E-state index < -0.39 is 0 Å². The Morgan fingerprint density at radius 2 is 1.62 bits per heavy atom. The quantitative estimate of drug-likeness (QED) is 0.570. The number of hydrogen-bond donors (Lipinski definition) is 0. The van der Waals surface area contributed by atoms with Gasteiger partial charge in [-0.15, -0.1) is 5.92 Å². The van der Waals surface area contributed by atoms with Crippen molar-refractivity contribution in [3.63, 3.8) is 0 Å². The highest BCUT2D eigenvalue weighted by Gasteiger charge is 1.83. The molecule has 0 heterocycles. The topological polar surface area (TPSA) is 0 Å². The largest absolute Gasteiger partial charge is 0.103 e. The highest BCUT2D eigenvalue weighted by atomic mass is 13.9. The van der Waals surface area contributed by atoms with E-state index in [0.29, 0.717) is 0 Å². The Labute approximate surface area is 82.0 Å². The molecule has 0 atom stereocenters. The van der Waals surface area contributed by atoms with Crippen LogP contribution in [0.5, 0.6) is 0 Å². The zero-order valence-corrected chi connectivity index (χ0v) is 8.80. The van der Waals surface area contributed by atoms with Crippen LogP contribution in [0, 0.1) is 11.8 Å². The van der Waals surface area contributed by atoms with Gasteiger partial charge in [0.15, 0.2) is 0 Å². The molecule has 0 aliphatic rings. The molecule has 1 aromatic rings. The molecule has 0 spiro atoms. The van der Waals surface area contributed by atoms with E-state index in [1.807, 2.05) is 32.0 Å². The summed E-state index contributed by atoms with van der Waals surface area (Å²) < 4.78 is 0. The van der Waals surface area contributed by atoms with Crippen molar-refractivity contribution < 1.29 is 0 Å². The van der Waals surface area contributed by atoms with Crippen LogP contribution in [-0.2, 0) is 6.42 Å². The van der Waals surface area contributed by atoms with Gasteiger partial charge in [-0.3, -0.25) is 0 Å². The van der Waals surface area contributed by atoms with Gasteiger partial charge in [-0.2, -0.15) is 0 Å². The number of hydrogen-bond acceptors (Lipinski definition) is 0. The van der Waals surface area contributed by atoms with Crippen LogP contribution in [0.25, 0.3) is 0 Å². The summed E-state index contributed by atoms with van der Waals surface area (Å²) in [7, 11) is 0. The van der Waals surface area contributed by atoms with Crippen LogP contribution in [0.2, 0.25) is 0 Å². The molecular weight excluding hydrogens is 156 g/mol. The molecule has 0 fully saturated rings. The Balaban J connectivity index is 0.000000671. The molecule has 0 saturated heterocycles. The predicted octanol–water partition coefficient (Wildman–Crippen LogP) is 3.67. The molecule has 1 rings (SSSR count). The summed E-state index contributed by atoms with van der Waals surface area (Å²) in [6, 6.07) is 10.3. The molecule has 13 heavy (non-hydrogen) atoms. The molecule has 0 saturated carbocycles. The summed E-state index contributed by atoms with van der Waals surface area (Å²) in [5.41, 5.74) is 1.30. The molecule has 1 aromatic carbocycles. The summed E-state index contributed by atoms with van der Waals surface area (Å²) in [6.07, 6.45) is 1.83. The standard InChI is InChI=1S/C11H12.C2H6/c1-2-3-5-8-11-9-6-4-7-10-11;1-2/h4,6-7,9-10H,2,8H2,1H3;1-2H3. The second-order valence-corrected chi connectivity index (χ2v) is 2.37. The summed E-state index contributed by atoms with van der Waals surface area (Å²) in [5, 5.41) is 0. The normalized spacial score (nSPS) is 7.62. The van der Waals surface area contributed by atoms with Crippen molar-refractivity contribution in [1.29, 1.82) is 0 Å². The lowest BCUT2D eigenvalue weighted by molar-refractivity contribution is 1.25. The molecule has 0 bridgehead atoms. The Morgan fingerprint density at radius 3 is 2.15 bits per heavy atom. The Bertz CT molecular complexity index is 248. The Morgan fingerprint density at radius 1 is 1.00 bits per heavy atom. The van der Waals surface area contributed by atoms with Gasteiger partial charge in [-0.05, 0) is 5.56 Å². The molecule has 70 valence electrons. The van der Waals surface area contributed by atoms with E-state index in [-0.39, 0.29) is 0 Å². The van der Waals surface area contributed by atoms with Crippen LogP contribution in [0.15, 0.2) is 30.3 Å². The third-order valence-electron chi connectivity index (χ3n) is 1.44. The van der Waals surface area contributed by atoms with Crippen LogP contribution in [0.1, 0.15) is 32.8 Å². The molecule has 0 amide bonds. The van der Waals surface area contributed by atoms with E-state index in [9.17, 15) is 0 Å².